The maximum absolute atomic E-state index is 12.9. The SMILES string of the molecule is COc1cccc(COc2ccc(F)cc2Br)c1. The second-order valence-corrected chi connectivity index (χ2v) is 4.57. The zero-order valence-electron chi connectivity index (χ0n) is 9.82. The van der Waals surface area contributed by atoms with Crippen molar-refractivity contribution in [1.82, 2.24) is 0 Å². The second kappa shape index (κ2) is 5.87. The van der Waals surface area contributed by atoms with E-state index in [-0.39, 0.29) is 5.82 Å². The summed E-state index contributed by atoms with van der Waals surface area (Å²) < 4.78 is 24.2. The lowest BCUT2D eigenvalue weighted by atomic mass is 10.2. The van der Waals surface area contributed by atoms with Crippen LogP contribution in [0.25, 0.3) is 0 Å². The first-order valence-corrected chi connectivity index (χ1v) is 6.19. The van der Waals surface area contributed by atoms with Crippen molar-refractivity contribution in [2.24, 2.45) is 0 Å². The summed E-state index contributed by atoms with van der Waals surface area (Å²) in [5.74, 6) is 1.10. The molecule has 0 saturated carbocycles. The maximum atomic E-state index is 12.9. The van der Waals surface area contributed by atoms with E-state index < -0.39 is 0 Å². The quantitative estimate of drug-likeness (QED) is 0.843. The molecular weight excluding hydrogens is 299 g/mol. The fourth-order valence-electron chi connectivity index (χ4n) is 1.52. The first-order valence-electron chi connectivity index (χ1n) is 5.40. The van der Waals surface area contributed by atoms with Gasteiger partial charge in [0.25, 0.3) is 0 Å². The lowest BCUT2D eigenvalue weighted by Crippen LogP contribution is -1.96. The van der Waals surface area contributed by atoms with Crippen LogP contribution in [-0.4, -0.2) is 7.11 Å². The Morgan fingerprint density at radius 2 is 2.00 bits per heavy atom. The van der Waals surface area contributed by atoms with E-state index in [0.717, 1.165) is 11.3 Å². The molecule has 2 aromatic carbocycles. The Morgan fingerprint density at radius 3 is 2.72 bits per heavy atom. The van der Waals surface area contributed by atoms with Crippen molar-refractivity contribution in [2.75, 3.05) is 7.11 Å². The van der Waals surface area contributed by atoms with Gasteiger partial charge in [0.15, 0.2) is 0 Å². The highest BCUT2D eigenvalue weighted by molar-refractivity contribution is 9.10. The summed E-state index contributed by atoms with van der Waals surface area (Å²) in [6.07, 6.45) is 0. The highest BCUT2D eigenvalue weighted by Crippen LogP contribution is 2.26. The van der Waals surface area contributed by atoms with Gasteiger partial charge in [-0.1, -0.05) is 12.1 Å². The molecule has 0 aliphatic heterocycles. The zero-order chi connectivity index (χ0) is 13.0. The third-order valence-electron chi connectivity index (χ3n) is 2.42. The Morgan fingerprint density at radius 1 is 1.17 bits per heavy atom. The van der Waals surface area contributed by atoms with E-state index in [0.29, 0.717) is 16.8 Å². The minimum atomic E-state index is -0.296. The second-order valence-electron chi connectivity index (χ2n) is 3.71. The van der Waals surface area contributed by atoms with Crippen LogP contribution in [0.4, 0.5) is 4.39 Å². The van der Waals surface area contributed by atoms with Crippen LogP contribution in [-0.2, 0) is 6.61 Å². The van der Waals surface area contributed by atoms with Crippen LogP contribution in [0.15, 0.2) is 46.9 Å². The molecule has 0 unspecified atom stereocenters. The molecule has 0 aliphatic carbocycles. The Labute approximate surface area is 113 Å². The molecule has 0 saturated heterocycles. The van der Waals surface area contributed by atoms with Crippen molar-refractivity contribution in [3.8, 4) is 11.5 Å². The smallest absolute Gasteiger partial charge is 0.134 e. The average molecular weight is 311 g/mol. The Balaban J connectivity index is 2.06. The van der Waals surface area contributed by atoms with Crippen molar-refractivity contribution < 1.29 is 13.9 Å². The van der Waals surface area contributed by atoms with Gasteiger partial charge in [-0.2, -0.15) is 0 Å². The minimum absolute atomic E-state index is 0.296. The van der Waals surface area contributed by atoms with Gasteiger partial charge in [-0.15, -0.1) is 0 Å². The first kappa shape index (κ1) is 12.9. The van der Waals surface area contributed by atoms with Gasteiger partial charge in [0.05, 0.1) is 11.6 Å². The van der Waals surface area contributed by atoms with Gasteiger partial charge in [0.2, 0.25) is 0 Å². The van der Waals surface area contributed by atoms with Crippen LogP contribution < -0.4 is 9.47 Å². The number of halogens is 2. The molecule has 0 atom stereocenters. The van der Waals surface area contributed by atoms with E-state index in [2.05, 4.69) is 15.9 Å². The van der Waals surface area contributed by atoms with Gasteiger partial charge >= 0.3 is 0 Å². The van der Waals surface area contributed by atoms with Crippen molar-refractivity contribution in [2.45, 2.75) is 6.61 Å². The summed E-state index contributed by atoms with van der Waals surface area (Å²) in [5, 5.41) is 0. The molecular formula is C14H12BrFO2. The van der Waals surface area contributed by atoms with E-state index in [4.69, 9.17) is 9.47 Å². The first-order chi connectivity index (χ1) is 8.69. The third-order valence-corrected chi connectivity index (χ3v) is 3.04. The topological polar surface area (TPSA) is 18.5 Å². The summed E-state index contributed by atoms with van der Waals surface area (Å²) >= 11 is 3.26. The van der Waals surface area contributed by atoms with E-state index >= 15 is 0 Å². The molecule has 2 aromatic rings. The molecule has 0 N–H and O–H groups in total. The van der Waals surface area contributed by atoms with Gasteiger partial charge in [-0.25, -0.2) is 4.39 Å². The summed E-state index contributed by atoms with van der Waals surface area (Å²) in [6, 6.07) is 12.0. The summed E-state index contributed by atoms with van der Waals surface area (Å²) in [6.45, 7) is 0.404. The molecule has 0 fully saturated rings. The molecule has 0 amide bonds. The highest BCUT2D eigenvalue weighted by Gasteiger charge is 2.03. The molecule has 0 bridgehead atoms. The normalized spacial score (nSPS) is 10.2. The summed E-state index contributed by atoms with van der Waals surface area (Å²) in [7, 11) is 1.62. The van der Waals surface area contributed by atoms with Gasteiger partial charge in [-0.05, 0) is 51.8 Å². The number of methoxy groups -OCH3 is 1. The molecule has 0 radical (unpaired) electrons. The molecule has 2 rings (SSSR count). The molecule has 18 heavy (non-hydrogen) atoms. The van der Waals surface area contributed by atoms with Crippen LogP contribution in [0, 0.1) is 5.82 Å². The van der Waals surface area contributed by atoms with Crippen LogP contribution in [0.2, 0.25) is 0 Å². The molecule has 0 aliphatic rings. The van der Waals surface area contributed by atoms with Crippen molar-refractivity contribution in [3.05, 3.63) is 58.3 Å². The van der Waals surface area contributed by atoms with Gasteiger partial charge in [0.1, 0.15) is 23.9 Å². The predicted octanol–water partition coefficient (Wildman–Crippen LogP) is 4.18. The lowest BCUT2D eigenvalue weighted by molar-refractivity contribution is 0.302. The monoisotopic (exact) mass is 310 g/mol. The largest absolute Gasteiger partial charge is 0.497 e. The highest BCUT2D eigenvalue weighted by atomic mass is 79.9. The van der Waals surface area contributed by atoms with Gasteiger partial charge in [-0.3, -0.25) is 0 Å². The Bertz CT molecular complexity index is 543. The van der Waals surface area contributed by atoms with Crippen molar-refractivity contribution in [1.29, 1.82) is 0 Å². The minimum Gasteiger partial charge on any atom is -0.497 e. The van der Waals surface area contributed by atoms with E-state index in [1.807, 2.05) is 24.3 Å². The van der Waals surface area contributed by atoms with Crippen LogP contribution in [0.1, 0.15) is 5.56 Å². The predicted molar refractivity (Wildman–Crippen MR) is 71.4 cm³/mol. The van der Waals surface area contributed by atoms with Crippen LogP contribution >= 0.6 is 15.9 Å². The average Bonchev–Trinajstić information content (AvgIpc) is 2.38. The fourth-order valence-corrected chi connectivity index (χ4v) is 1.98. The Kier molecular flexibility index (Phi) is 4.20. The van der Waals surface area contributed by atoms with Gasteiger partial charge in [0, 0.05) is 0 Å². The van der Waals surface area contributed by atoms with E-state index in [9.17, 15) is 4.39 Å². The summed E-state index contributed by atoms with van der Waals surface area (Å²) in [5.41, 5.74) is 0.991. The van der Waals surface area contributed by atoms with E-state index in [1.165, 1.54) is 12.1 Å². The third kappa shape index (κ3) is 3.23. The maximum Gasteiger partial charge on any atom is 0.134 e. The molecule has 2 nitrogen and oxygen atoms in total. The van der Waals surface area contributed by atoms with Crippen LogP contribution in [0.3, 0.4) is 0 Å². The fraction of sp³-hybridized carbons (Fsp3) is 0.143. The number of hydrogen-bond donors (Lipinski definition) is 0. The van der Waals surface area contributed by atoms with E-state index in [1.54, 1.807) is 13.2 Å². The van der Waals surface area contributed by atoms with Crippen LogP contribution in [0.5, 0.6) is 11.5 Å². The molecule has 94 valence electrons. The zero-order valence-corrected chi connectivity index (χ0v) is 11.4. The number of ether oxygens (including phenoxy) is 2. The number of rotatable bonds is 4. The Hall–Kier alpha value is -1.55. The summed E-state index contributed by atoms with van der Waals surface area (Å²) in [4.78, 5) is 0. The molecule has 0 spiro atoms. The number of benzene rings is 2. The standard InChI is InChI=1S/C14H12BrFO2/c1-17-12-4-2-3-10(7-12)9-18-14-6-5-11(16)8-13(14)15/h2-8H,9H2,1H3. The number of hydrogen-bond acceptors (Lipinski definition) is 2. The molecule has 4 heteroatoms. The van der Waals surface area contributed by atoms with Gasteiger partial charge < -0.3 is 9.47 Å². The molecule has 0 aromatic heterocycles. The lowest BCUT2D eigenvalue weighted by Gasteiger charge is -2.09. The van der Waals surface area contributed by atoms with Crippen molar-refractivity contribution in [3.63, 3.8) is 0 Å². The van der Waals surface area contributed by atoms with Crippen molar-refractivity contribution >= 4 is 15.9 Å². The molecule has 0 heterocycles.